The normalized spacial score (nSPS) is 14.9. The second-order valence-electron chi connectivity index (χ2n) is 7.40. The van der Waals surface area contributed by atoms with Gasteiger partial charge in [0.05, 0.1) is 24.2 Å². The molecule has 1 atom stereocenters. The van der Waals surface area contributed by atoms with Crippen molar-refractivity contribution in [3.8, 4) is 17.2 Å². The summed E-state index contributed by atoms with van der Waals surface area (Å²) in [5, 5.41) is 2.83. The minimum atomic E-state index is -3.75. The third kappa shape index (κ3) is 4.88. The SMILES string of the molecule is COc1ccc(S(=O)(=O)N(C)c2ccc(C(=O)NCC3COc4ccccc4O3)cc2)cc1. The van der Waals surface area contributed by atoms with Crippen molar-refractivity contribution in [3.63, 3.8) is 0 Å². The Bertz CT molecular complexity index is 1230. The zero-order valence-electron chi connectivity index (χ0n) is 18.2. The van der Waals surface area contributed by atoms with Crippen LogP contribution in [0, 0.1) is 0 Å². The van der Waals surface area contributed by atoms with Gasteiger partial charge in [-0.05, 0) is 60.7 Å². The van der Waals surface area contributed by atoms with Gasteiger partial charge >= 0.3 is 0 Å². The summed E-state index contributed by atoms with van der Waals surface area (Å²) in [5.74, 6) is 1.61. The Balaban J connectivity index is 1.37. The van der Waals surface area contributed by atoms with E-state index in [-0.39, 0.29) is 23.5 Å². The molecule has 1 aliphatic rings. The Morgan fingerprint density at radius 1 is 1.03 bits per heavy atom. The van der Waals surface area contributed by atoms with Crippen LogP contribution in [0.25, 0.3) is 0 Å². The molecule has 0 fully saturated rings. The van der Waals surface area contributed by atoms with Gasteiger partial charge in [0.15, 0.2) is 11.5 Å². The molecule has 1 amide bonds. The molecule has 0 saturated heterocycles. The van der Waals surface area contributed by atoms with Gasteiger partial charge in [-0.25, -0.2) is 8.42 Å². The minimum absolute atomic E-state index is 0.142. The van der Waals surface area contributed by atoms with E-state index in [1.54, 1.807) is 36.4 Å². The van der Waals surface area contributed by atoms with Gasteiger partial charge in [-0.15, -0.1) is 0 Å². The van der Waals surface area contributed by atoms with Crippen molar-refractivity contribution < 1.29 is 27.4 Å². The van der Waals surface area contributed by atoms with E-state index < -0.39 is 10.0 Å². The van der Waals surface area contributed by atoms with Gasteiger partial charge < -0.3 is 19.5 Å². The molecule has 1 unspecified atom stereocenters. The van der Waals surface area contributed by atoms with Crippen LogP contribution >= 0.6 is 0 Å². The van der Waals surface area contributed by atoms with Crippen LogP contribution < -0.4 is 23.8 Å². The fourth-order valence-electron chi connectivity index (χ4n) is 3.34. The van der Waals surface area contributed by atoms with E-state index in [0.717, 1.165) is 0 Å². The number of methoxy groups -OCH3 is 1. The average Bonchev–Trinajstić information content (AvgIpc) is 2.86. The quantitative estimate of drug-likeness (QED) is 0.573. The molecule has 0 spiro atoms. The summed E-state index contributed by atoms with van der Waals surface area (Å²) < 4.78 is 43.5. The smallest absolute Gasteiger partial charge is 0.264 e. The van der Waals surface area contributed by atoms with Crippen LogP contribution in [0.4, 0.5) is 5.69 Å². The molecular formula is C24H24N2O6S. The van der Waals surface area contributed by atoms with Crippen LogP contribution in [0.2, 0.25) is 0 Å². The molecule has 1 N–H and O–H groups in total. The molecule has 3 aromatic carbocycles. The monoisotopic (exact) mass is 468 g/mol. The zero-order valence-corrected chi connectivity index (χ0v) is 19.0. The van der Waals surface area contributed by atoms with E-state index in [1.165, 1.54) is 30.6 Å². The molecule has 1 heterocycles. The first kappa shape index (κ1) is 22.5. The highest BCUT2D eigenvalue weighted by molar-refractivity contribution is 7.92. The lowest BCUT2D eigenvalue weighted by Crippen LogP contribution is -2.40. The zero-order chi connectivity index (χ0) is 23.4. The molecule has 3 aromatic rings. The number of benzene rings is 3. The van der Waals surface area contributed by atoms with Gasteiger partial charge in [0, 0.05) is 12.6 Å². The number of fused-ring (bicyclic) bond motifs is 1. The van der Waals surface area contributed by atoms with Crippen molar-refractivity contribution in [2.45, 2.75) is 11.0 Å². The second-order valence-corrected chi connectivity index (χ2v) is 9.37. The topological polar surface area (TPSA) is 94.2 Å². The van der Waals surface area contributed by atoms with Crippen LogP contribution in [-0.4, -0.2) is 47.7 Å². The molecule has 0 aliphatic carbocycles. The molecule has 0 saturated carbocycles. The fourth-order valence-corrected chi connectivity index (χ4v) is 4.54. The number of anilines is 1. The molecule has 0 aromatic heterocycles. The van der Waals surface area contributed by atoms with Gasteiger partial charge in [-0.3, -0.25) is 9.10 Å². The lowest BCUT2D eigenvalue weighted by atomic mass is 10.2. The Labute approximate surface area is 192 Å². The first-order valence-electron chi connectivity index (χ1n) is 10.3. The summed E-state index contributed by atoms with van der Waals surface area (Å²) in [7, 11) is -0.771. The molecule has 9 heteroatoms. The predicted octanol–water partition coefficient (Wildman–Crippen LogP) is 3.09. The minimum Gasteiger partial charge on any atom is -0.497 e. The summed E-state index contributed by atoms with van der Waals surface area (Å²) in [5.41, 5.74) is 0.842. The van der Waals surface area contributed by atoms with E-state index in [0.29, 0.717) is 35.1 Å². The van der Waals surface area contributed by atoms with Gasteiger partial charge in [0.2, 0.25) is 0 Å². The number of ether oxygens (including phenoxy) is 3. The fraction of sp³-hybridized carbons (Fsp3) is 0.208. The molecular weight excluding hydrogens is 444 g/mol. The van der Waals surface area contributed by atoms with Crippen LogP contribution in [-0.2, 0) is 10.0 Å². The van der Waals surface area contributed by atoms with Crippen LogP contribution in [0.1, 0.15) is 10.4 Å². The first-order chi connectivity index (χ1) is 15.9. The molecule has 0 radical (unpaired) electrons. The number of nitrogens with zero attached hydrogens (tertiary/aromatic N) is 1. The van der Waals surface area contributed by atoms with Crippen LogP contribution in [0.5, 0.6) is 17.2 Å². The first-order valence-corrected chi connectivity index (χ1v) is 11.7. The summed E-state index contributed by atoms with van der Waals surface area (Å²) in [6.45, 7) is 0.616. The van der Waals surface area contributed by atoms with Gasteiger partial charge in [0.25, 0.3) is 15.9 Å². The van der Waals surface area contributed by atoms with E-state index >= 15 is 0 Å². The summed E-state index contributed by atoms with van der Waals surface area (Å²) in [4.78, 5) is 12.7. The molecule has 33 heavy (non-hydrogen) atoms. The highest BCUT2D eigenvalue weighted by Gasteiger charge is 2.23. The summed E-state index contributed by atoms with van der Waals surface area (Å²) in [6, 6.07) is 19.9. The highest BCUT2D eigenvalue weighted by Crippen LogP contribution is 2.30. The Hall–Kier alpha value is -3.72. The standard InChI is InChI=1S/C24H24N2O6S/c1-26(33(28,29)21-13-11-19(30-2)12-14-21)18-9-7-17(8-10-18)24(27)25-15-20-16-31-22-5-3-4-6-23(22)32-20/h3-14,20H,15-16H2,1-2H3,(H,25,27). The van der Waals surface area contributed by atoms with E-state index in [2.05, 4.69) is 5.32 Å². The van der Waals surface area contributed by atoms with Gasteiger partial charge in [-0.1, -0.05) is 12.1 Å². The highest BCUT2D eigenvalue weighted by atomic mass is 32.2. The Morgan fingerprint density at radius 2 is 1.70 bits per heavy atom. The largest absolute Gasteiger partial charge is 0.497 e. The third-order valence-electron chi connectivity index (χ3n) is 5.27. The van der Waals surface area contributed by atoms with Crippen molar-refractivity contribution in [1.82, 2.24) is 5.32 Å². The maximum Gasteiger partial charge on any atom is 0.264 e. The van der Waals surface area contributed by atoms with Gasteiger partial charge in [0.1, 0.15) is 18.5 Å². The lowest BCUT2D eigenvalue weighted by molar-refractivity contribution is 0.0789. The average molecular weight is 469 g/mol. The molecule has 8 nitrogen and oxygen atoms in total. The number of rotatable bonds is 7. The van der Waals surface area contributed by atoms with Crippen molar-refractivity contribution >= 4 is 21.6 Å². The van der Waals surface area contributed by atoms with E-state index in [9.17, 15) is 13.2 Å². The number of para-hydroxylation sites is 2. The maximum atomic E-state index is 12.9. The van der Waals surface area contributed by atoms with Crippen molar-refractivity contribution in [2.75, 3.05) is 31.6 Å². The lowest BCUT2D eigenvalue weighted by Gasteiger charge is -2.26. The number of hydrogen-bond acceptors (Lipinski definition) is 6. The number of carbonyl (C=O) groups is 1. The van der Waals surface area contributed by atoms with Crippen LogP contribution in [0.15, 0.2) is 77.7 Å². The van der Waals surface area contributed by atoms with Crippen molar-refractivity contribution in [1.29, 1.82) is 0 Å². The Kier molecular flexibility index (Phi) is 6.41. The van der Waals surface area contributed by atoms with Crippen molar-refractivity contribution in [2.24, 2.45) is 0 Å². The number of amides is 1. The molecule has 172 valence electrons. The van der Waals surface area contributed by atoms with Crippen molar-refractivity contribution in [3.05, 3.63) is 78.4 Å². The van der Waals surface area contributed by atoms with E-state index in [4.69, 9.17) is 14.2 Å². The third-order valence-corrected chi connectivity index (χ3v) is 7.07. The second kappa shape index (κ2) is 9.41. The maximum absolute atomic E-state index is 12.9. The molecule has 4 rings (SSSR count). The summed E-state index contributed by atoms with van der Waals surface area (Å²) in [6.07, 6.45) is -0.302. The number of hydrogen-bond donors (Lipinski definition) is 1. The summed E-state index contributed by atoms with van der Waals surface area (Å²) >= 11 is 0. The molecule has 0 bridgehead atoms. The number of carbonyl (C=O) groups excluding carboxylic acids is 1. The van der Waals surface area contributed by atoms with Crippen LogP contribution in [0.3, 0.4) is 0 Å². The number of nitrogens with one attached hydrogen (secondary N) is 1. The Morgan fingerprint density at radius 3 is 2.36 bits per heavy atom. The van der Waals surface area contributed by atoms with E-state index in [1.807, 2.05) is 24.3 Å². The van der Waals surface area contributed by atoms with Gasteiger partial charge in [-0.2, -0.15) is 0 Å². The number of sulfonamides is 1. The molecule has 1 aliphatic heterocycles. The predicted molar refractivity (Wildman–Crippen MR) is 124 cm³/mol.